The summed E-state index contributed by atoms with van der Waals surface area (Å²) in [6.45, 7) is 2.22. The van der Waals surface area contributed by atoms with Crippen molar-refractivity contribution in [1.82, 2.24) is 5.32 Å². The van der Waals surface area contributed by atoms with Crippen molar-refractivity contribution in [2.75, 3.05) is 18.6 Å². The van der Waals surface area contributed by atoms with E-state index in [1.54, 1.807) is 0 Å². The Labute approximate surface area is 106 Å². The van der Waals surface area contributed by atoms with E-state index in [1.807, 2.05) is 7.05 Å². The number of unbranched alkanes of at least 4 members (excludes halogenated alkanes) is 3. The van der Waals surface area contributed by atoms with E-state index >= 15 is 0 Å². The molecule has 17 heavy (non-hydrogen) atoms. The molecule has 0 spiro atoms. The molecule has 3 nitrogen and oxygen atoms in total. The average Bonchev–Trinajstić information content (AvgIpc) is 2.62. The molecule has 1 N–H and O–H groups in total. The molecule has 102 valence electrons. The van der Waals surface area contributed by atoms with Gasteiger partial charge in [0.05, 0.1) is 11.5 Å². The zero-order valence-corrected chi connectivity index (χ0v) is 12.1. The fourth-order valence-corrected chi connectivity index (χ4v) is 4.54. The normalized spacial score (nSPS) is 24.9. The van der Waals surface area contributed by atoms with Gasteiger partial charge in [-0.2, -0.15) is 0 Å². The summed E-state index contributed by atoms with van der Waals surface area (Å²) in [6.07, 6.45) is 8.24. The molecule has 0 radical (unpaired) electrons. The highest BCUT2D eigenvalue weighted by Gasteiger charge is 2.29. The Morgan fingerprint density at radius 1 is 1.29 bits per heavy atom. The quantitative estimate of drug-likeness (QED) is 0.682. The van der Waals surface area contributed by atoms with Crippen LogP contribution in [0, 0.1) is 5.92 Å². The van der Waals surface area contributed by atoms with E-state index in [-0.39, 0.29) is 0 Å². The van der Waals surface area contributed by atoms with Crippen LogP contribution in [0.15, 0.2) is 0 Å². The van der Waals surface area contributed by atoms with Crippen LogP contribution in [0.3, 0.4) is 0 Å². The smallest absolute Gasteiger partial charge is 0.150 e. The van der Waals surface area contributed by atoms with Crippen LogP contribution in [-0.4, -0.2) is 33.0 Å². The van der Waals surface area contributed by atoms with Gasteiger partial charge in [-0.1, -0.05) is 32.6 Å². The highest BCUT2D eigenvalue weighted by molar-refractivity contribution is 7.91. The maximum atomic E-state index is 11.4. The van der Waals surface area contributed by atoms with Crippen molar-refractivity contribution in [1.29, 1.82) is 0 Å². The summed E-state index contributed by atoms with van der Waals surface area (Å²) >= 11 is 0. The first-order valence-corrected chi connectivity index (χ1v) is 8.77. The molecule has 1 fully saturated rings. The van der Waals surface area contributed by atoms with Gasteiger partial charge in [-0.15, -0.1) is 0 Å². The van der Waals surface area contributed by atoms with Gasteiger partial charge < -0.3 is 5.32 Å². The Morgan fingerprint density at radius 2 is 2.06 bits per heavy atom. The van der Waals surface area contributed by atoms with Crippen molar-refractivity contribution in [3.05, 3.63) is 0 Å². The Balaban J connectivity index is 2.23. The number of hydrogen-bond donors (Lipinski definition) is 1. The minimum atomic E-state index is -2.71. The molecule has 0 aromatic carbocycles. The maximum absolute atomic E-state index is 11.4. The zero-order valence-electron chi connectivity index (χ0n) is 11.2. The van der Waals surface area contributed by atoms with Crippen LogP contribution in [0.25, 0.3) is 0 Å². The first-order chi connectivity index (χ1) is 8.07. The van der Waals surface area contributed by atoms with Crippen LogP contribution in [-0.2, 0) is 9.84 Å². The van der Waals surface area contributed by atoms with Gasteiger partial charge in [0.25, 0.3) is 0 Å². The topological polar surface area (TPSA) is 46.2 Å². The summed E-state index contributed by atoms with van der Waals surface area (Å²) in [5.41, 5.74) is 0. The summed E-state index contributed by atoms with van der Waals surface area (Å²) in [4.78, 5) is 0. The number of sulfone groups is 1. The van der Waals surface area contributed by atoms with Gasteiger partial charge in [0.1, 0.15) is 0 Å². The number of rotatable bonds is 8. The molecule has 2 unspecified atom stereocenters. The van der Waals surface area contributed by atoms with Crippen molar-refractivity contribution >= 4 is 9.84 Å². The highest BCUT2D eigenvalue weighted by Crippen LogP contribution is 2.24. The molecule has 2 atom stereocenters. The van der Waals surface area contributed by atoms with Crippen LogP contribution >= 0.6 is 0 Å². The Hall–Kier alpha value is -0.0900. The van der Waals surface area contributed by atoms with Gasteiger partial charge >= 0.3 is 0 Å². The molecule has 1 saturated heterocycles. The second kappa shape index (κ2) is 7.37. The summed E-state index contributed by atoms with van der Waals surface area (Å²) in [7, 11) is -0.712. The molecular weight excluding hydrogens is 234 g/mol. The SMILES string of the molecule is CCCCCCC(CC1CCS(=O)(=O)C1)NC. The second-order valence-electron chi connectivity index (χ2n) is 5.34. The first kappa shape index (κ1) is 15.0. The molecule has 0 aromatic heterocycles. The lowest BCUT2D eigenvalue weighted by Gasteiger charge is -2.19. The van der Waals surface area contributed by atoms with Crippen molar-refractivity contribution in [3.63, 3.8) is 0 Å². The molecular formula is C13H27NO2S. The van der Waals surface area contributed by atoms with Crippen LogP contribution in [0.5, 0.6) is 0 Å². The predicted molar refractivity (Wildman–Crippen MR) is 73.0 cm³/mol. The standard InChI is InChI=1S/C13H27NO2S/c1-3-4-5-6-7-13(14-2)10-12-8-9-17(15,16)11-12/h12-14H,3-11H2,1-2H3. The molecule has 0 aliphatic carbocycles. The monoisotopic (exact) mass is 261 g/mol. The van der Waals surface area contributed by atoms with Crippen LogP contribution in [0.2, 0.25) is 0 Å². The minimum absolute atomic E-state index is 0.392. The van der Waals surface area contributed by atoms with E-state index in [4.69, 9.17) is 0 Å². The highest BCUT2D eigenvalue weighted by atomic mass is 32.2. The lowest BCUT2D eigenvalue weighted by Crippen LogP contribution is -2.28. The fourth-order valence-electron chi connectivity index (χ4n) is 2.66. The van der Waals surface area contributed by atoms with E-state index in [2.05, 4.69) is 12.2 Å². The Morgan fingerprint density at radius 3 is 2.59 bits per heavy atom. The molecule has 1 rings (SSSR count). The van der Waals surface area contributed by atoms with Crippen LogP contribution < -0.4 is 5.32 Å². The van der Waals surface area contributed by atoms with E-state index in [9.17, 15) is 8.42 Å². The van der Waals surface area contributed by atoms with Gasteiger partial charge in [-0.25, -0.2) is 8.42 Å². The van der Waals surface area contributed by atoms with Crippen molar-refractivity contribution in [3.8, 4) is 0 Å². The van der Waals surface area contributed by atoms with Gasteiger partial charge in [-0.05, 0) is 32.2 Å². The third-order valence-electron chi connectivity index (χ3n) is 3.76. The van der Waals surface area contributed by atoms with Gasteiger partial charge in [-0.3, -0.25) is 0 Å². The zero-order chi connectivity index (χ0) is 12.7. The second-order valence-corrected chi connectivity index (χ2v) is 7.57. The van der Waals surface area contributed by atoms with Gasteiger partial charge in [0, 0.05) is 6.04 Å². The summed E-state index contributed by atoms with van der Waals surface area (Å²) < 4.78 is 22.8. The third kappa shape index (κ3) is 5.87. The number of nitrogens with one attached hydrogen (secondary N) is 1. The van der Waals surface area contributed by atoms with E-state index in [0.29, 0.717) is 23.5 Å². The largest absolute Gasteiger partial charge is 0.317 e. The van der Waals surface area contributed by atoms with E-state index < -0.39 is 9.84 Å². The van der Waals surface area contributed by atoms with E-state index in [0.717, 1.165) is 12.8 Å². The van der Waals surface area contributed by atoms with Crippen molar-refractivity contribution < 1.29 is 8.42 Å². The summed E-state index contributed by atoms with van der Waals surface area (Å²) in [5, 5.41) is 3.34. The molecule has 0 aromatic rings. The van der Waals surface area contributed by atoms with Gasteiger partial charge in [0.15, 0.2) is 9.84 Å². The average molecular weight is 261 g/mol. The lowest BCUT2D eigenvalue weighted by molar-refractivity contribution is 0.394. The van der Waals surface area contributed by atoms with Crippen molar-refractivity contribution in [2.24, 2.45) is 5.92 Å². The van der Waals surface area contributed by atoms with Gasteiger partial charge in [0.2, 0.25) is 0 Å². The molecule has 0 saturated carbocycles. The van der Waals surface area contributed by atoms with Crippen molar-refractivity contribution in [2.45, 2.75) is 57.9 Å². The van der Waals surface area contributed by atoms with Crippen LogP contribution in [0.1, 0.15) is 51.9 Å². The molecule has 1 heterocycles. The molecule has 1 aliphatic heterocycles. The minimum Gasteiger partial charge on any atom is -0.317 e. The molecule has 0 amide bonds. The Bertz CT molecular complexity index is 301. The Kier molecular flexibility index (Phi) is 6.49. The molecule has 1 aliphatic rings. The fraction of sp³-hybridized carbons (Fsp3) is 1.00. The maximum Gasteiger partial charge on any atom is 0.150 e. The summed E-state index contributed by atoms with van der Waals surface area (Å²) in [6, 6.07) is 0.505. The van der Waals surface area contributed by atoms with E-state index in [1.165, 1.54) is 32.1 Å². The molecule has 4 heteroatoms. The summed E-state index contributed by atoms with van der Waals surface area (Å²) in [5.74, 6) is 1.22. The third-order valence-corrected chi connectivity index (χ3v) is 5.60. The predicted octanol–water partition coefficient (Wildman–Crippen LogP) is 2.37. The first-order valence-electron chi connectivity index (χ1n) is 6.95. The number of hydrogen-bond acceptors (Lipinski definition) is 3. The molecule has 0 bridgehead atoms. The van der Waals surface area contributed by atoms with Crippen LogP contribution in [0.4, 0.5) is 0 Å². The lowest BCUT2D eigenvalue weighted by atomic mass is 9.95.